The second-order valence-electron chi connectivity index (χ2n) is 4.26. The molecule has 0 fully saturated rings. The summed E-state index contributed by atoms with van der Waals surface area (Å²) >= 11 is 6.00. The van der Waals surface area contributed by atoms with Gasteiger partial charge in [-0.05, 0) is 24.6 Å². The Bertz CT molecular complexity index is 477. The Kier molecular flexibility index (Phi) is 5.63. The molecular formula is C13H17ClN2O3. The molecule has 5 nitrogen and oxygen atoms in total. The summed E-state index contributed by atoms with van der Waals surface area (Å²) < 4.78 is 0. The third-order valence-corrected chi connectivity index (χ3v) is 3.09. The maximum Gasteiger partial charge on any atom is 0.308 e. The first kappa shape index (κ1) is 15.3. The largest absolute Gasteiger partial charge is 0.481 e. The smallest absolute Gasteiger partial charge is 0.308 e. The Labute approximate surface area is 116 Å². The number of carbonyl (C=O) groups excluding carboxylic acids is 1. The van der Waals surface area contributed by atoms with Crippen molar-refractivity contribution in [1.82, 2.24) is 0 Å². The summed E-state index contributed by atoms with van der Waals surface area (Å²) in [6, 6.07) is 4.63. The lowest BCUT2D eigenvalue weighted by molar-refractivity contribution is -0.141. The summed E-state index contributed by atoms with van der Waals surface area (Å²) in [5.41, 5.74) is 6.05. The lowest BCUT2D eigenvalue weighted by atomic mass is 10.0. The minimum Gasteiger partial charge on any atom is -0.481 e. The maximum atomic E-state index is 11.0. The van der Waals surface area contributed by atoms with E-state index in [1.807, 2.05) is 6.92 Å². The molecule has 0 aliphatic heterocycles. The van der Waals surface area contributed by atoms with Crippen molar-refractivity contribution in [3.05, 3.63) is 28.8 Å². The molecule has 6 heteroatoms. The Morgan fingerprint density at radius 1 is 1.47 bits per heavy atom. The SMILES string of the molecule is CCCC(CNc1ccc(C(N)=O)cc1Cl)C(=O)O. The van der Waals surface area contributed by atoms with Gasteiger partial charge in [-0.25, -0.2) is 0 Å². The van der Waals surface area contributed by atoms with Crippen LogP contribution in [0.1, 0.15) is 30.1 Å². The van der Waals surface area contributed by atoms with Gasteiger partial charge in [-0.2, -0.15) is 0 Å². The molecule has 1 aromatic carbocycles. The number of carbonyl (C=O) groups is 2. The molecule has 0 aromatic heterocycles. The molecule has 104 valence electrons. The average Bonchev–Trinajstić information content (AvgIpc) is 2.35. The predicted octanol–water partition coefficient (Wildman–Crippen LogP) is 2.35. The van der Waals surface area contributed by atoms with Crippen LogP contribution in [0.2, 0.25) is 5.02 Å². The van der Waals surface area contributed by atoms with Gasteiger partial charge in [0, 0.05) is 12.1 Å². The quantitative estimate of drug-likeness (QED) is 0.716. The summed E-state index contributed by atoms with van der Waals surface area (Å²) in [7, 11) is 0. The monoisotopic (exact) mass is 284 g/mol. The molecule has 0 spiro atoms. The normalized spacial score (nSPS) is 11.9. The van der Waals surface area contributed by atoms with Crippen LogP contribution in [0.3, 0.4) is 0 Å². The second kappa shape index (κ2) is 6.99. The lowest BCUT2D eigenvalue weighted by Gasteiger charge is -2.14. The number of amides is 1. The van der Waals surface area contributed by atoms with E-state index in [4.69, 9.17) is 22.4 Å². The zero-order valence-corrected chi connectivity index (χ0v) is 11.4. The van der Waals surface area contributed by atoms with E-state index < -0.39 is 17.8 Å². The molecule has 0 saturated carbocycles. The van der Waals surface area contributed by atoms with E-state index in [0.717, 1.165) is 6.42 Å². The third kappa shape index (κ3) is 4.44. The van der Waals surface area contributed by atoms with Gasteiger partial charge in [-0.15, -0.1) is 0 Å². The number of benzene rings is 1. The molecule has 0 bridgehead atoms. The van der Waals surface area contributed by atoms with Gasteiger partial charge in [0.05, 0.1) is 16.6 Å². The molecule has 1 aromatic rings. The van der Waals surface area contributed by atoms with Gasteiger partial charge in [0.25, 0.3) is 0 Å². The zero-order valence-electron chi connectivity index (χ0n) is 10.6. The minimum atomic E-state index is -0.834. The van der Waals surface area contributed by atoms with Crippen LogP contribution in [0.5, 0.6) is 0 Å². The molecule has 0 aliphatic carbocycles. The van der Waals surface area contributed by atoms with E-state index in [0.29, 0.717) is 29.2 Å². The van der Waals surface area contributed by atoms with Crippen LogP contribution in [0.4, 0.5) is 5.69 Å². The van der Waals surface area contributed by atoms with Crippen LogP contribution in [0.15, 0.2) is 18.2 Å². The fraction of sp³-hybridized carbons (Fsp3) is 0.385. The first-order valence-corrected chi connectivity index (χ1v) is 6.39. The molecule has 1 unspecified atom stereocenters. The number of hydrogen-bond donors (Lipinski definition) is 3. The topological polar surface area (TPSA) is 92.4 Å². The van der Waals surface area contributed by atoms with Gasteiger partial charge in [-0.1, -0.05) is 24.9 Å². The second-order valence-corrected chi connectivity index (χ2v) is 4.67. The molecule has 0 heterocycles. The van der Waals surface area contributed by atoms with Gasteiger partial charge in [-0.3, -0.25) is 9.59 Å². The number of nitrogens with two attached hydrogens (primary N) is 1. The first-order chi connectivity index (χ1) is 8.95. The summed E-state index contributed by atoms with van der Waals surface area (Å²) in [4.78, 5) is 22.0. The number of carboxylic acid groups (broad SMARTS) is 1. The molecule has 0 aliphatic rings. The fourth-order valence-corrected chi connectivity index (χ4v) is 1.95. The summed E-state index contributed by atoms with van der Waals surface area (Å²) in [6.45, 7) is 2.23. The Morgan fingerprint density at radius 3 is 2.63 bits per heavy atom. The zero-order chi connectivity index (χ0) is 14.4. The van der Waals surface area contributed by atoms with E-state index in [-0.39, 0.29) is 0 Å². The number of primary amides is 1. The highest BCUT2D eigenvalue weighted by Crippen LogP contribution is 2.23. The molecule has 0 saturated heterocycles. The average molecular weight is 285 g/mol. The number of rotatable bonds is 7. The Balaban J connectivity index is 2.72. The molecule has 4 N–H and O–H groups in total. The van der Waals surface area contributed by atoms with E-state index >= 15 is 0 Å². The Hall–Kier alpha value is -1.75. The minimum absolute atomic E-state index is 0.290. The van der Waals surface area contributed by atoms with Crippen molar-refractivity contribution in [2.24, 2.45) is 11.7 Å². The number of anilines is 1. The van der Waals surface area contributed by atoms with Crippen LogP contribution in [-0.4, -0.2) is 23.5 Å². The van der Waals surface area contributed by atoms with E-state index in [9.17, 15) is 9.59 Å². The number of halogens is 1. The van der Waals surface area contributed by atoms with Crippen molar-refractivity contribution in [3.8, 4) is 0 Å². The van der Waals surface area contributed by atoms with Crippen LogP contribution >= 0.6 is 11.6 Å². The van der Waals surface area contributed by atoms with Crippen molar-refractivity contribution >= 4 is 29.2 Å². The summed E-state index contributed by atoms with van der Waals surface area (Å²) in [5.74, 6) is -1.85. The van der Waals surface area contributed by atoms with E-state index in [1.54, 1.807) is 12.1 Å². The highest BCUT2D eigenvalue weighted by Gasteiger charge is 2.16. The van der Waals surface area contributed by atoms with Crippen LogP contribution in [0.25, 0.3) is 0 Å². The number of aliphatic carboxylic acids is 1. The van der Waals surface area contributed by atoms with Gasteiger partial charge in [0.2, 0.25) is 5.91 Å². The first-order valence-electron chi connectivity index (χ1n) is 6.01. The molecule has 19 heavy (non-hydrogen) atoms. The maximum absolute atomic E-state index is 11.0. The lowest BCUT2D eigenvalue weighted by Crippen LogP contribution is -2.22. The van der Waals surface area contributed by atoms with Gasteiger partial charge >= 0.3 is 5.97 Å². The van der Waals surface area contributed by atoms with Crippen LogP contribution in [0, 0.1) is 5.92 Å². The fourth-order valence-electron chi connectivity index (χ4n) is 1.71. The van der Waals surface area contributed by atoms with Crippen molar-refractivity contribution in [1.29, 1.82) is 0 Å². The highest BCUT2D eigenvalue weighted by atomic mass is 35.5. The van der Waals surface area contributed by atoms with Crippen LogP contribution in [-0.2, 0) is 4.79 Å². The number of carboxylic acids is 1. The molecular weight excluding hydrogens is 268 g/mol. The van der Waals surface area contributed by atoms with Gasteiger partial charge < -0.3 is 16.2 Å². The molecule has 0 radical (unpaired) electrons. The summed E-state index contributed by atoms with van der Waals surface area (Å²) in [6.07, 6.45) is 1.40. The van der Waals surface area contributed by atoms with Crippen molar-refractivity contribution in [2.75, 3.05) is 11.9 Å². The van der Waals surface area contributed by atoms with Crippen LogP contribution < -0.4 is 11.1 Å². The van der Waals surface area contributed by atoms with Crippen molar-refractivity contribution < 1.29 is 14.7 Å². The highest BCUT2D eigenvalue weighted by molar-refractivity contribution is 6.33. The molecule has 1 atom stereocenters. The third-order valence-electron chi connectivity index (χ3n) is 2.78. The standard InChI is InChI=1S/C13H17ClN2O3/c1-2-3-9(13(18)19)7-16-11-5-4-8(12(15)17)6-10(11)14/h4-6,9,16H,2-3,7H2,1H3,(H2,15,17)(H,18,19). The predicted molar refractivity (Wildman–Crippen MR) is 74.5 cm³/mol. The van der Waals surface area contributed by atoms with Crippen molar-refractivity contribution in [2.45, 2.75) is 19.8 Å². The van der Waals surface area contributed by atoms with Crippen molar-refractivity contribution in [3.63, 3.8) is 0 Å². The molecule has 1 rings (SSSR count). The molecule has 1 amide bonds. The van der Waals surface area contributed by atoms with E-state index in [2.05, 4.69) is 5.32 Å². The summed E-state index contributed by atoms with van der Waals surface area (Å²) in [5, 5.41) is 12.4. The number of nitrogens with one attached hydrogen (secondary N) is 1. The van der Waals surface area contributed by atoms with E-state index in [1.165, 1.54) is 6.07 Å². The van der Waals surface area contributed by atoms with Gasteiger partial charge in [0.15, 0.2) is 0 Å². The Morgan fingerprint density at radius 2 is 2.16 bits per heavy atom. The number of hydrogen-bond acceptors (Lipinski definition) is 3. The van der Waals surface area contributed by atoms with Gasteiger partial charge in [0.1, 0.15) is 0 Å².